The van der Waals surface area contributed by atoms with Crippen LogP contribution in [0.1, 0.15) is 65.7 Å². The van der Waals surface area contributed by atoms with E-state index in [-0.39, 0.29) is 5.91 Å². The molecule has 0 spiro atoms. The van der Waals surface area contributed by atoms with Crippen LogP contribution in [0.4, 0.5) is 4.79 Å². The highest BCUT2D eigenvalue weighted by Gasteiger charge is 2.31. The fourth-order valence-electron chi connectivity index (χ4n) is 3.56. The Morgan fingerprint density at radius 1 is 1.09 bits per heavy atom. The number of ether oxygens (including phenoxy) is 1. The number of hydrogen-bond acceptors (Lipinski definition) is 3. The van der Waals surface area contributed by atoms with Crippen LogP contribution >= 0.6 is 0 Å². The first-order valence-corrected chi connectivity index (χ1v) is 8.62. The second-order valence-corrected chi connectivity index (χ2v) is 7.68. The van der Waals surface area contributed by atoms with Crippen molar-refractivity contribution in [3.05, 3.63) is 0 Å². The minimum absolute atomic E-state index is 0.0795. The van der Waals surface area contributed by atoms with Crippen LogP contribution in [0.5, 0.6) is 0 Å². The Morgan fingerprint density at radius 2 is 1.77 bits per heavy atom. The molecule has 2 N–H and O–H groups in total. The van der Waals surface area contributed by atoms with Gasteiger partial charge in [-0.3, -0.25) is 4.79 Å². The van der Waals surface area contributed by atoms with E-state index in [9.17, 15) is 9.59 Å². The number of amides is 2. The first-order chi connectivity index (χ1) is 10.3. The molecule has 1 aliphatic heterocycles. The van der Waals surface area contributed by atoms with Crippen LogP contribution in [0.2, 0.25) is 0 Å². The van der Waals surface area contributed by atoms with Crippen LogP contribution in [-0.4, -0.2) is 30.2 Å². The zero-order chi connectivity index (χ0) is 16.2. The predicted octanol–water partition coefficient (Wildman–Crippen LogP) is 2.99. The second kappa shape index (κ2) is 7.34. The Morgan fingerprint density at radius 3 is 2.41 bits per heavy atom. The van der Waals surface area contributed by atoms with E-state index in [0.717, 1.165) is 18.9 Å². The highest BCUT2D eigenvalue weighted by atomic mass is 16.6. The smallest absolute Gasteiger partial charge is 0.408 e. The molecule has 126 valence electrons. The molecule has 2 rings (SSSR count). The van der Waals surface area contributed by atoms with Crippen molar-refractivity contribution >= 4 is 12.0 Å². The molecule has 0 unspecified atom stereocenters. The summed E-state index contributed by atoms with van der Waals surface area (Å²) in [6.45, 7) is 6.20. The van der Waals surface area contributed by atoms with Crippen molar-refractivity contribution in [3.8, 4) is 0 Å². The molecule has 0 radical (unpaired) electrons. The van der Waals surface area contributed by atoms with Gasteiger partial charge in [-0.1, -0.05) is 32.1 Å². The summed E-state index contributed by atoms with van der Waals surface area (Å²) in [7, 11) is 0. The van der Waals surface area contributed by atoms with Crippen molar-refractivity contribution in [1.29, 1.82) is 0 Å². The third kappa shape index (κ3) is 5.18. The number of rotatable bonds is 2. The zero-order valence-electron chi connectivity index (χ0n) is 14.1. The molecule has 2 aliphatic rings. The summed E-state index contributed by atoms with van der Waals surface area (Å²) in [5.74, 6) is 1.20. The fourth-order valence-corrected chi connectivity index (χ4v) is 3.56. The molecule has 0 bridgehead atoms. The van der Waals surface area contributed by atoms with Gasteiger partial charge in [0.1, 0.15) is 11.6 Å². The molecular weight excluding hydrogens is 280 g/mol. The summed E-state index contributed by atoms with van der Waals surface area (Å²) >= 11 is 0. The summed E-state index contributed by atoms with van der Waals surface area (Å²) in [6.07, 6.45) is 7.72. The maximum Gasteiger partial charge on any atom is 0.408 e. The Bertz CT molecular complexity index is 397. The lowest BCUT2D eigenvalue weighted by atomic mass is 9.78. The molecule has 1 heterocycles. The lowest BCUT2D eigenvalue weighted by molar-refractivity contribution is -0.122. The Kier molecular flexibility index (Phi) is 5.70. The predicted molar refractivity (Wildman–Crippen MR) is 85.5 cm³/mol. The van der Waals surface area contributed by atoms with Gasteiger partial charge in [-0.25, -0.2) is 4.79 Å². The van der Waals surface area contributed by atoms with Crippen molar-refractivity contribution in [2.45, 2.75) is 77.4 Å². The number of carbonyl (C=O) groups is 2. The second-order valence-electron chi connectivity index (χ2n) is 7.68. The Balaban J connectivity index is 1.86. The molecule has 2 atom stereocenters. The van der Waals surface area contributed by atoms with E-state index in [4.69, 9.17) is 4.74 Å². The maximum absolute atomic E-state index is 12.2. The van der Waals surface area contributed by atoms with Gasteiger partial charge in [0.15, 0.2) is 0 Å². The third-order valence-corrected chi connectivity index (χ3v) is 4.69. The molecule has 1 aliphatic carbocycles. The van der Waals surface area contributed by atoms with Crippen molar-refractivity contribution in [2.75, 3.05) is 6.54 Å². The number of nitrogens with one attached hydrogen (secondary N) is 2. The molecule has 1 saturated carbocycles. The maximum atomic E-state index is 12.2. The van der Waals surface area contributed by atoms with Crippen molar-refractivity contribution in [2.24, 2.45) is 11.8 Å². The van der Waals surface area contributed by atoms with Gasteiger partial charge in [0.2, 0.25) is 5.91 Å². The van der Waals surface area contributed by atoms with Crippen LogP contribution in [0.15, 0.2) is 0 Å². The highest BCUT2D eigenvalue weighted by molar-refractivity contribution is 5.85. The summed E-state index contributed by atoms with van der Waals surface area (Å²) in [4.78, 5) is 24.0. The van der Waals surface area contributed by atoms with Gasteiger partial charge < -0.3 is 15.4 Å². The minimum Gasteiger partial charge on any atom is -0.444 e. The minimum atomic E-state index is -0.546. The average molecular weight is 310 g/mol. The van der Waals surface area contributed by atoms with Crippen molar-refractivity contribution < 1.29 is 14.3 Å². The summed E-state index contributed by atoms with van der Waals surface area (Å²) in [5, 5.41) is 5.72. The van der Waals surface area contributed by atoms with Gasteiger partial charge in [-0.15, -0.1) is 0 Å². The van der Waals surface area contributed by atoms with Crippen LogP contribution < -0.4 is 10.6 Å². The molecule has 2 amide bonds. The molecule has 1 saturated heterocycles. The monoisotopic (exact) mass is 310 g/mol. The van der Waals surface area contributed by atoms with Gasteiger partial charge >= 0.3 is 6.09 Å². The van der Waals surface area contributed by atoms with E-state index in [0.29, 0.717) is 12.3 Å². The summed E-state index contributed by atoms with van der Waals surface area (Å²) in [6, 6.07) is -0.469. The van der Waals surface area contributed by atoms with E-state index in [2.05, 4.69) is 10.6 Å². The standard InChI is InChI=1S/C17H30N2O3/c1-17(2,3)22-16(21)19-14-10-9-13(11-18-15(14)20)12-7-5-4-6-8-12/h12-14H,4-11H2,1-3H3,(H,18,20)(H,19,21)/t13-,14-/m1/s1. The number of hydrogen-bond donors (Lipinski definition) is 2. The zero-order valence-corrected chi connectivity index (χ0v) is 14.1. The average Bonchev–Trinajstić information content (AvgIpc) is 2.61. The lowest BCUT2D eigenvalue weighted by Crippen LogP contribution is -2.47. The first kappa shape index (κ1) is 17.1. The quantitative estimate of drug-likeness (QED) is 0.824. The summed E-state index contributed by atoms with van der Waals surface area (Å²) < 4.78 is 5.24. The van der Waals surface area contributed by atoms with E-state index in [1.165, 1.54) is 32.1 Å². The van der Waals surface area contributed by atoms with Gasteiger partial charge in [-0.05, 0) is 45.4 Å². The van der Waals surface area contributed by atoms with Crippen molar-refractivity contribution in [3.63, 3.8) is 0 Å². The van der Waals surface area contributed by atoms with E-state index in [1.54, 1.807) is 0 Å². The molecular formula is C17H30N2O3. The molecule has 0 aromatic rings. The summed E-state index contributed by atoms with van der Waals surface area (Å²) in [5.41, 5.74) is -0.546. The molecule has 0 aromatic carbocycles. The van der Waals surface area contributed by atoms with Crippen LogP contribution in [-0.2, 0) is 9.53 Å². The third-order valence-electron chi connectivity index (χ3n) is 4.69. The first-order valence-electron chi connectivity index (χ1n) is 8.62. The van der Waals surface area contributed by atoms with Crippen LogP contribution in [0, 0.1) is 11.8 Å². The van der Waals surface area contributed by atoms with Crippen LogP contribution in [0.25, 0.3) is 0 Å². The molecule has 5 nitrogen and oxygen atoms in total. The van der Waals surface area contributed by atoms with E-state index in [1.807, 2.05) is 20.8 Å². The Labute approximate surface area is 133 Å². The Hall–Kier alpha value is -1.26. The molecule has 0 aromatic heterocycles. The molecule has 5 heteroatoms. The van der Waals surface area contributed by atoms with Gasteiger partial charge in [-0.2, -0.15) is 0 Å². The molecule has 22 heavy (non-hydrogen) atoms. The van der Waals surface area contributed by atoms with Crippen molar-refractivity contribution in [1.82, 2.24) is 10.6 Å². The number of carbonyl (C=O) groups excluding carboxylic acids is 2. The number of alkyl carbamates (subject to hydrolysis) is 1. The van der Waals surface area contributed by atoms with Gasteiger partial charge in [0.25, 0.3) is 0 Å². The van der Waals surface area contributed by atoms with Gasteiger partial charge in [0.05, 0.1) is 0 Å². The molecule has 2 fully saturated rings. The van der Waals surface area contributed by atoms with Gasteiger partial charge in [0, 0.05) is 6.54 Å². The largest absolute Gasteiger partial charge is 0.444 e. The van der Waals surface area contributed by atoms with E-state index >= 15 is 0 Å². The highest BCUT2D eigenvalue weighted by Crippen LogP contribution is 2.33. The normalized spacial score (nSPS) is 27.7. The lowest BCUT2D eigenvalue weighted by Gasteiger charge is -2.29. The van der Waals surface area contributed by atoms with Crippen LogP contribution in [0.3, 0.4) is 0 Å². The SMILES string of the molecule is CC(C)(C)OC(=O)N[C@@H]1CC[C@@H](C2CCCCC2)CNC1=O. The fraction of sp³-hybridized carbons (Fsp3) is 0.882. The topological polar surface area (TPSA) is 67.4 Å². The van der Waals surface area contributed by atoms with E-state index < -0.39 is 17.7 Å².